The highest BCUT2D eigenvalue weighted by Crippen LogP contribution is 2.12. The number of hydrogen-bond donors (Lipinski definition) is 3. The Morgan fingerprint density at radius 3 is 2.68 bits per heavy atom. The fourth-order valence-electron chi connectivity index (χ4n) is 2.02. The van der Waals surface area contributed by atoms with E-state index in [-0.39, 0.29) is 6.42 Å². The lowest BCUT2D eigenvalue weighted by Crippen LogP contribution is -2.47. The van der Waals surface area contributed by atoms with E-state index in [1.165, 1.54) is 13.2 Å². The summed E-state index contributed by atoms with van der Waals surface area (Å²) in [5.74, 6) is -1.65. The summed E-state index contributed by atoms with van der Waals surface area (Å²) in [5, 5.41) is 5.68. The minimum absolute atomic E-state index is 0.271. The molecular weight excluding hydrogens is 284 g/mol. The standard InChI is InChI=1S/C15H16N4O3/c1-17-15(22)12(7-13(16)20)19-14(21)10-6-9-4-2-3-5-11(9)18-8-10/h2-6,8,12H,7H2,1H3,(H2,16,20)(H,17,22)(H,19,21)/t12-/m0/s1. The summed E-state index contributed by atoms with van der Waals surface area (Å²) in [6, 6.07) is 8.01. The van der Waals surface area contributed by atoms with Gasteiger partial charge in [-0.2, -0.15) is 0 Å². The molecule has 0 aliphatic heterocycles. The molecule has 1 aromatic carbocycles. The van der Waals surface area contributed by atoms with Gasteiger partial charge in [-0.1, -0.05) is 18.2 Å². The van der Waals surface area contributed by atoms with Crippen molar-refractivity contribution in [2.45, 2.75) is 12.5 Å². The zero-order valence-corrected chi connectivity index (χ0v) is 12.0. The van der Waals surface area contributed by atoms with Crippen LogP contribution in [0.25, 0.3) is 10.9 Å². The van der Waals surface area contributed by atoms with E-state index in [1.54, 1.807) is 6.07 Å². The van der Waals surface area contributed by atoms with E-state index in [1.807, 2.05) is 24.3 Å². The Bertz CT molecular complexity index is 730. The Morgan fingerprint density at radius 1 is 1.27 bits per heavy atom. The molecule has 1 aromatic heterocycles. The molecule has 0 aliphatic rings. The average Bonchev–Trinajstić information content (AvgIpc) is 2.52. The lowest BCUT2D eigenvalue weighted by atomic mass is 10.1. The predicted octanol–water partition coefficient (Wildman–Crippen LogP) is -0.0454. The van der Waals surface area contributed by atoms with Gasteiger partial charge in [-0.3, -0.25) is 19.4 Å². The van der Waals surface area contributed by atoms with Crippen LogP contribution in [0.4, 0.5) is 0 Å². The van der Waals surface area contributed by atoms with Crippen molar-refractivity contribution in [3.8, 4) is 0 Å². The molecule has 0 aliphatic carbocycles. The number of carbonyl (C=O) groups is 3. The van der Waals surface area contributed by atoms with Crippen LogP contribution in [0.15, 0.2) is 36.5 Å². The zero-order valence-electron chi connectivity index (χ0n) is 12.0. The van der Waals surface area contributed by atoms with Gasteiger partial charge in [0, 0.05) is 18.6 Å². The normalized spacial score (nSPS) is 11.7. The van der Waals surface area contributed by atoms with Gasteiger partial charge in [0.1, 0.15) is 6.04 Å². The highest BCUT2D eigenvalue weighted by atomic mass is 16.2. The van der Waals surface area contributed by atoms with Gasteiger partial charge < -0.3 is 16.4 Å². The number of nitrogens with two attached hydrogens (primary N) is 1. The van der Waals surface area contributed by atoms with Crippen LogP contribution in [0.1, 0.15) is 16.8 Å². The van der Waals surface area contributed by atoms with Crippen LogP contribution < -0.4 is 16.4 Å². The first-order chi connectivity index (χ1) is 10.5. The number of para-hydroxylation sites is 1. The van der Waals surface area contributed by atoms with Gasteiger partial charge in [-0.25, -0.2) is 0 Å². The van der Waals surface area contributed by atoms with Crippen LogP contribution in [-0.4, -0.2) is 35.8 Å². The summed E-state index contributed by atoms with van der Waals surface area (Å²) in [4.78, 5) is 39.1. The number of likely N-dealkylation sites (N-methyl/N-ethyl adjacent to an activating group) is 1. The van der Waals surface area contributed by atoms with Gasteiger partial charge in [-0.05, 0) is 12.1 Å². The third-order valence-corrected chi connectivity index (χ3v) is 3.13. The van der Waals surface area contributed by atoms with Crippen molar-refractivity contribution >= 4 is 28.6 Å². The number of nitrogens with one attached hydrogen (secondary N) is 2. The molecule has 22 heavy (non-hydrogen) atoms. The Kier molecular flexibility index (Phi) is 4.67. The number of carbonyl (C=O) groups excluding carboxylic acids is 3. The summed E-state index contributed by atoms with van der Waals surface area (Å²) in [6.45, 7) is 0. The molecule has 0 fully saturated rings. The molecule has 0 spiro atoms. The maximum atomic E-state index is 12.2. The highest BCUT2D eigenvalue weighted by Gasteiger charge is 2.22. The summed E-state index contributed by atoms with van der Waals surface area (Å²) < 4.78 is 0. The number of benzene rings is 1. The van der Waals surface area contributed by atoms with E-state index < -0.39 is 23.8 Å². The molecule has 0 saturated heterocycles. The molecule has 1 heterocycles. The minimum Gasteiger partial charge on any atom is -0.370 e. The third-order valence-electron chi connectivity index (χ3n) is 3.13. The van der Waals surface area contributed by atoms with Gasteiger partial charge in [0.25, 0.3) is 5.91 Å². The second kappa shape index (κ2) is 6.66. The number of amides is 3. The van der Waals surface area contributed by atoms with E-state index in [2.05, 4.69) is 15.6 Å². The third kappa shape index (κ3) is 3.57. The molecule has 0 saturated carbocycles. The maximum Gasteiger partial charge on any atom is 0.253 e. The van der Waals surface area contributed by atoms with E-state index in [4.69, 9.17) is 5.73 Å². The van der Waals surface area contributed by atoms with E-state index in [9.17, 15) is 14.4 Å². The van der Waals surface area contributed by atoms with Gasteiger partial charge in [0.2, 0.25) is 11.8 Å². The number of fused-ring (bicyclic) bond motifs is 1. The summed E-state index contributed by atoms with van der Waals surface area (Å²) >= 11 is 0. The van der Waals surface area contributed by atoms with Gasteiger partial charge in [0.05, 0.1) is 17.5 Å². The van der Waals surface area contributed by atoms with Crippen molar-refractivity contribution in [1.82, 2.24) is 15.6 Å². The van der Waals surface area contributed by atoms with Crippen molar-refractivity contribution in [2.75, 3.05) is 7.05 Å². The van der Waals surface area contributed by atoms with Crippen LogP contribution in [0.3, 0.4) is 0 Å². The van der Waals surface area contributed by atoms with Crippen molar-refractivity contribution in [3.63, 3.8) is 0 Å². The van der Waals surface area contributed by atoms with Crippen molar-refractivity contribution in [2.24, 2.45) is 5.73 Å². The lowest BCUT2D eigenvalue weighted by molar-refractivity contribution is -0.126. The number of hydrogen-bond acceptors (Lipinski definition) is 4. The van der Waals surface area contributed by atoms with Crippen LogP contribution in [0.5, 0.6) is 0 Å². The van der Waals surface area contributed by atoms with E-state index >= 15 is 0 Å². The van der Waals surface area contributed by atoms with Crippen LogP contribution >= 0.6 is 0 Å². The number of aromatic nitrogens is 1. The predicted molar refractivity (Wildman–Crippen MR) is 80.9 cm³/mol. The lowest BCUT2D eigenvalue weighted by Gasteiger charge is -2.15. The topological polar surface area (TPSA) is 114 Å². The molecule has 0 unspecified atom stereocenters. The number of nitrogens with zero attached hydrogens (tertiary/aromatic N) is 1. The van der Waals surface area contributed by atoms with E-state index in [0.717, 1.165) is 10.9 Å². The summed E-state index contributed by atoms with van der Waals surface area (Å²) in [5.41, 5.74) is 6.16. The average molecular weight is 300 g/mol. The second-order valence-corrected chi connectivity index (χ2v) is 4.73. The Balaban J connectivity index is 2.20. The van der Waals surface area contributed by atoms with Crippen molar-refractivity contribution in [1.29, 1.82) is 0 Å². The molecule has 7 heteroatoms. The summed E-state index contributed by atoms with van der Waals surface area (Å²) in [7, 11) is 1.42. The Morgan fingerprint density at radius 2 is 2.00 bits per heavy atom. The van der Waals surface area contributed by atoms with Crippen molar-refractivity contribution in [3.05, 3.63) is 42.1 Å². The molecular formula is C15H16N4O3. The molecule has 2 rings (SSSR count). The zero-order chi connectivity index (χ0) is 16.1. The first-order valence-corrected chi connectivity index (χ1v) is 6.67. The van der Waals surface area contributed by atoms with Gasteiger partial charge in [-0.15, -0.1) is 0 Å². The van der Waals surface area contributed by atoms with Gasteiger partial charge in [0.15, 0.2) is 0 Å². The largest absolute Gasteiger partial charge is 0.370 e. The SMILES string of the molecule is CNC(=O)[C@H](CC(N)=O)NC(=O)c1cnc2ccccc2c1. The molecule has 0 radical (unpaired) electrons. The fraction of sp³-hybridized carbons (Fsp3) is 0.200. The maximum absolute atomic E-state index is 12.2. The Labute approximate surface area is 126 Å². The van der Waals surface area contributed by atoms with E-state index in [0.29, 0.717) is 5.56 Å². The second-order valence-electron chi connectivity index (χ2n) is 4.73. The van der Waals surface area contributed by atoms with Crippen LogP contribution in [-0.2, 0) is 9.59 Å². The molecule has 0 bridgehead atoms. The monoisotopic (exact) mass is 300 g/mol. The highest BCUT2D eigenvalue weighted by molar-refractivity contribution is 6.00. The van der Waals surface area contributed by atoms with Crippen LogP contribution in [0, 0.1) is 0 Å². The fourth-order valence-corrected chi connectivity index (χ4v) is 2.02. The molecule has 114 valence electrons. The molecule has 2 aromatic rings. The molecule has 1 atom stereocenters. The van der Waals surface area contributed by atoms with Crippen molar-refractivity contribution < 1.29 is 14.4 Å². The molecule has 4 N–H and O–H groups in total. The summed E-state index contributed by atoms with van der Waals surface area (Å²) in [6.07, 6.45) is 1.15. The smallest absolute Gasteiger partial charge is 0.253 e. The quantitative estimate of drug-likeness (QED) is 0.718. The minimum atomic E-state index is -1.01. The first-order valence-electron chi connectivity index (χ1n) is 6.67. The molecule has 7 nitrogen and oxygen atoms in total. The van der Waals surface area contributed by atoms with Crippen LogP contribution in [0.2, 0.25) is 0 Å². The number of pyridine rings is 1. The number of primary amides is 1. The van der Waals surface area contributed by atoms with Gasteiger partial charge >= 0.3 is 0 Å². The first kappa shape index (κ1) is 15.4. The molecule has 3 amide bonds. The Hall–Kier alpha value is -2.96. The number of rotatable bonds is 5.